The molecule has 23 heavy (non-hydrogen) atoms. The van der Waals surface area contributed by atoms with Crippen molar-refractivity contribution < 1.29 is 9.53 Å². The van der Waals surface area contributed by atoms with Gasteiger partial charge in [-0.25, -0.2) is 0 Å². The predicted molar refractivity (Wildman–Crippen MR) is 88.6 cm³/mol. The summed E-state index contributed by atoms with van der Waals surface area (Å²) in [5.74, 6) is 0.0418. The molecule has 0 unspecified atom stereocenters. The number of nitrogens with one attached hydrogen (secondary N) is 1. The standard InChI is InChI=1S/C17H18N4O2/c22-17(21-9-11-23-12-10-21)15-1-3-16(4-2-15)20-19-13-14-5-7-18-8-6-14/h1-8,13,20H,9-12H2. The molecule has 1 aromatic heterocycles. The second-order valence-corrected chi connectivity index (χ2v) is 5.13. The lowest BCUT2D eigenvalue weighted by Gasteiger charge is -2.26. The van der Waals surface area contributed by atoms with Crippen molar-refractivity contribution in [3.05, 3.63) is 59.9 Å². The van der Waals surface area contributed by atoms with Crippen molar-refractivity contribution in [3.63, 3.8) is 0 Å². The van der Waals surface area contributed by atoms with Gasteiger partial charge < -0.3 is 9.64 Å². The van der Waals surface area contributed by atoms with E-state index in [0.717, 1.165) is 11.3 Å². The van der Waals surface area contributed by atoms with Crippen molar-refractivity contribution >= 4 is 17.8 Å². The Morgan fingerprint density at radius 2 is 1.83 bits per heavy atom. The van der Waals surface area contributed by atoms with E-state index < -0.39 is 0 Å². The zero-order valence-electron chi connectivity index (χ0n) is 12.7. The second kappa shape index (κ2) is 7.51. The van der Waals surface area contributed by atoms with E-state index in [0.29, 0.717) is 31.9 Å². The van der Waals surface area contributed by atoms with Gasteiger partial charge in [0.05, 0.1) is 25.1 Å². The summed E-state index contributed by atoms with van der Waals surface area (Å²) in [6.45, 7) is 2.51. The van der Waals surface area contributed by atoms with Crippen molar-refractivity contribution in [1.29, 1.82) is 0 Å². The Morgan fingerprint density at radius 1 is 1.13 bits per heavy atom. The van der Waals surface area contributed by atoms with Gasteiger partial charge in [-0.05, 0) is 42.0 Å². The molecule has 1 aliphatic rings. The predicted octanol–water partition coefficient (Wildman–Crippen LogP) is 2.00. The summed E-state index contributed by atoms with van der Waals surface area (Å²) in [6.07, 6.45) is 5.15. The van der Waals surface area contributed by atoms with Gasteiger partial charge in [0.1, 0.15) is 0 Å². The van der Waals surface area contributed by atoms with Crippen molar-refractivity contribution in [1.82, 2.24) is 9.88 Å². The number of benzene rings is 1. The highest BCUT2D eigenvalue weighted by Crippen LogP contribution is 2.12. The van der Waals surface area contributed by atoms with Crippen molar-refractivity contribution in [3.8, 4) is 0 Å². The van der Waals surface area contributed by atoms with Crippen LogP contribution in [0.5, 0.6) is 0 Å². The van der Waals surface area contributed by atoms with Gasteiger partial charge in [0.25, 0.3) is 5.91 Å². The minimum absolute atomic E-state index is 0.0418. The number of hydrogen-bond donors (Lipinski definition) is 1. The van der Waals surface area contributed by atoms with Crippen molar-refractivity contribution in [2.45, 2.75) is 0 Å². The first-order chi connectivity index (χ1) is 11.3. The largest absolute Gasteiger partial charge is 0.378 e. The van der Waals surface area contributed by atoms with Crippen LogP contribution in [0.3, 0.4) is 0 Å². The molecule has 0 radical (unpaired) electrons. The van der Waals surface area contributed by atoms with Gasteiger partial charge in [-0.15, -0.1) is 0 Å². The third kappa shape index (κ3) is 4.14. The SMILES string of the molecule is O=C(c1ccc(NN=Cc2ccncc2)cc1)N1CCOCC1. The Kier molecular flexibility index (Phi) is 4.95. The van der Waals surface area contributed by atoms with Crippen LogP contribution in [0, 0.1) is 0 Å². The second-order valence-electron chi connectivity index (χ2n) is 5.13. The molecule has 2 heterocycles. The number of aromatic nitrogens is 1. The number of anilines is 1. The summed E-state index contributed by atoms with van der Waals surface area (Å²) in [6, 6.07) is 11.0. The lowest BCUT2D eigenvalue weighted by molar-refractivity contribution is 0.0303. The lowest BCUT2D eigenvalue weighted by Crippen LogP contribution is -2.40. The number of rotatable bonds is 4. The molecular weight excluding hydrogens is 292 g/mol. The summed E-state index contributed by atoms with van der Waals surface area (Å²) in [5.41, 5.74) is 5.41. The number of nitrogens with zero attached hydrogens (tertiary/aromatic N) is 3. The van der Waals surface area contributed by atoms with Gasteiger partial charge in [-0.1, -0.05) is 0 Å². The summed E-state index contributed by atoms with van der Waals surface area (Å²) in [4.78, 5) is 18.1. The lowest BCUT2D eigenvalue weighted by atomic mass is 10.2. The van der Waals surface area contributed by atoms with Crippen LogP contribution in [0.1, 0.15) is 15.9 Å². The minimum atomic E-state index is 0.0418. The third-order valence-corrected chi connectivity index (χ3v) is 3.54. The minimum Gasteiger partial charge on any atom is -0.378 e. The average molecular weight is 310 g/mol. The molecular formula is C17H18N4O2. The Bertz CT molecular complexity index is 665. The van der Waals surface area contributed by atoms with Gasteiger partial charge in [0.2, 0.25) is 0 Å². The molecule has 0 atom stereocenters. The number of hydrogen-bond acceptors (Lipinski definition) is 5. The fraction of sp³-hybridized carbons (Fsp3) is 0.235. The molecule has 0 spiro atoms. The van der Waals surface area contributed by atoms with E-state index in [1.807, 2.05) is 41.3 Å². The highest BCUT2D eigenvalue weighted by Gasteiger charge is 2.18. The zero-order valence-corrected chi connectivity index (χ0v) is 12.7. The number of amides is 1. The van der Waals surface area contributed by atoms with Gasteiger partial charge in [-0.2, -0.15) is 5.10 Å². The van der Waals surface area contributed by atoms with Crippen LogP contribution in [0.4, 0.5) is 5.69 Å². The molecule has 0 bridgehead atoms. The van der Waals surface area contributed by atoms with Gasteiger partial charge in [0, 0.05) is 31.0 Å². The van der Waals surface area contributed by atoms with Gasteiger partial charge in [-0.3, -0.25) is 15.2 Å². The Hall–Kier alpha value is -2.73. The number of ether oxygens (including phenoxy) is 1. The molecule has 6 nitrogen and oxygen atoms in total. The summed E-state index contributed by atoms with van der Waals surface area (Å²) >= 11 is 0. The summed E-state index contributed by atoms with van der Waals surface area (Å²) in [5, 5.41) is 4.16. The molecule has 1 fully saturated rings. The first-order valence-electron chi connectivity index (χ1n) is 7.49. The number of carbonyl (C=O) groups excluding carboxylic acids is 1. The quantitative estimate of drug-likeness (QED) is 0.693. The molecule has 0 aliphatic carbocycles. The summed E-state index contributed by atoms with van der Waals surface area (Å²) < 4.78 is 5.26. The van der Waals surface area contributed by atoms with E-state index in [2.05, 4.69) is 15.5 Å². The highest BCUT2D eigenvalue weighted by atomic mass is 16.5. The maximum absolute atomic E-state index is 12.3. The molecule has 1 saturated heterocycles. The molecule has 1 aliphatic heterocycles. The van der Waals surface area contributed by atoms with Crippen LogP contribution < -0.4 is 5.43 Å². The number of morpholine rings is 1. The third-order valence-electron chi connectivity index (χ3n) is 3.54. The van der Waals surface area contributed by atoms with E-state index in [9.17, 15) is 4.79 Å². The molecule has 3 rings (SSSR count). The molecule has 1 N–H and O–H groups in total. The number of pyridine rings is 1. The van der Waals surface area contributed by atoms with Crippen LogP contribution in [-0.2, 0) is 4.74 Å². The first kappa shape index (κ1) is 15.2. The van der Waals surface area contributed by atoms with Crippen LogP contribution in [0.15, 0.2) is 53.9 Å². The Morgan fingerprint density at radius 3 is 2.52 bits per heavy atom. The summed E-state index contributed by atoms with van der Waals surface area (Å²) in [7, 11) is 0. The molecule has 2 aromatic rings. The van der Waals surface area contributed by atoms with Gasteiger partial charge in [0.15, 0.2) is 0 Å². The van der Waals surface area contributed by atoms with Crippen molar-refractivity contribution in [2.75, 3.05) is 31.7 Å². The van der Waals surface area contributed by atoms with E-state index in [4.69, 9.17) is 4.74 Å². The van der Waals surface area contributed by atoms with E-state index in [1.165, 1.54) is 0 Å². The number of hydrazone groups is 1. The van der Waals surface area contributed by atoms with Crippen LogP contribution in [0.25, 0.3) is 0 Å². The van der Waals surface area contributed by atoms with Crippen molar-refractivity contribution in [2.24, 2.45) is 5.10 Å². The maximum Gasteiger partial charge on any atom is 0.254 e. The fourth-order valence-electron chi connectivity index (χ4n) is 2.27. The Labute approximate surface area is 134 Å². The topological polar surface area (TPSA) is 66.8 Å². The van der Waals surface area contributed by atoms with E-state index in [1.54, 1.807) is 18.6 Å². The monoisotopic (exact) mass is 310 g/mol. The highest BCUT2D eigenvalue weighted by molar-refractivity contribution is 5.94. The molecule has 1 amide bonds. The fourth-order valence-corrected chi connectivity index (χ4v) is 2.27. The molecule has 1 aromatic carbocycles. The number of carbonyl (C=O) groups is 1. The smallest absolute Gasteiger partial charge is 0.254 e. The first-order valence-corrected chi connectivity index (χ1v) is 7.49. The van der Waals surface area contributed by atoms with E-state index >= 15 is 0 Å². The van der Waals surface area contributed by atoms with E-state index in [-0.39, 0.29) is 5.91 Å². The zero-order chi connectivity index (χ0) is 15.9. The normalized spacial score (nSPS) is 14.9. The molecule has 118 valence electrons. The van der Waals surface area contributed by atoms with Crippen LogP contribution in [-0.4, -0.2) is 48.3 Å². The maximum atomic E-state index is 12.3. The average Bonchev–Trinajstić information content (AvgIpc) is 2.63. The van der Waals surface area contributed by atoms with Crippen LogP contribution >= 0.6 is 0 Å². The molecule has 0 saturated carbocycles. The van der Waals surface area contributed by atoms with Gasteiger partial charge >= 0.3 is 0 Å². The Balaban J connectivity index is 1.58. The van der Waals surface area contributed by atoms with Crippen LogP contribution in [0.2, 0.25) is 0 Å². The molecule has 6 heteroatoms.